The summed E-state index contributed by atoms with van der Waals surface area (Å²) in [6, 6.07) is 9.63. The predicted molar refractivity (Wildman–Crippen MR) is 67.5 cm³/mol. The molecule has 0 aliphatic heterocycles. The van der Waals surface area contributed by atoms with Crippen LogP contribution in [-0.2, 0) is 0 Å². The van der Waals surface area contributed by atoms with E-state index in [0.717, 1.165) is 12.1 Å². The van der Waals surface area contributed by atoms with Crippen molar-refractivity contribution in [2.45, 2.75) is 25.9 Å². The van der Waals surface area contributed by atoms with Crippen molar-refractivity contribution in [1.82, 2.24) is 0 Å². The highest BCUT2D eigenvalue weighted by atomic mass is 16.3. The van der Waals surface area contributed by atoms with Crippen molar-refractivity contribution in [3.05, 3.63) is 30.3 Å². The molecule has 0 aliphatic rings. The summed E-state index contributed by atoms with van der Waals surface area (Å²) in [5.41, 5.74) is 6.61. The molecule has 0 fully saturated rings. The molecule has 1 atom stereocenters. The fourth-order valence-electron chi connectivity index (χ4n) is 1.25. The molecule has 0 amide bonds. The van der Waals surface area contributed by atoms with Crippen molar-refractivity contribution in [2.24, 2.45) is 10.7 Å². The maximum Gasteiger partial charge on any atom is 0.193 e. The Bertz CT molecular complexity index is 324. The Labute approximate surface area is 96.2 Å². The maximum absolute atomic E-state index is 9.33. The number of anilines is 1. The molecule has 1 unspecified atom stereocenters. The molecule has 0 radical (unpaired) electrons. The molecule has 1 rings (SSSR count). The van der Waals surface area contributed by atoms with Crippen LogP contribution in [0.15, 0.2) is 35.3 Å². The van der Waals surface area contributed by atoms with Crippen molar-refractivity contribution in [1.29, 1.82) is 0 Å². The minimum Gasteiger partial charge on any atom is -0.393 e. The van der Waals surface area contributed by atoms with Gasteiger partial charge in [-0.3, -0.25) is 4.99 Å². The van der Waals surface area contributed by atoms with Crippen LogP contribution in [0.5, 0.6) is 0 Å². The van der Waals surface area contributed by atoms with E-state index >= 15 is 0 Å². The Morgan fingerprint density at radius 1 is 1.44 bits per heavy atom. The molecule has 88 valence electrons. The summed E-state index contributed by atoms with van der Waals surface area (Å²) in [4.78, 5) is 4.13. The van der Waals surface area contributed by atoms with Gasteiger partial charge >= 0.3 is 0 Å². The quantitative estimate of drug-likeness (QED) is 0.522. The molecular formula is C12H19N3O. The van der Waals surface area contributed by atoms with Gasteiger partial charge in [0.25, 0.3) is 0 Å². The molecule has 0 bridgehead atoms. The second-order valence-electron chi connectivity index (χ2n) is 3.61. The van der Waals surface area contributed by atoms with Gasteiger partial charge in [0.05, 0.1) is 6.10 Å². The van der Waals surface area contributed by atoms with Crippen LogP contribution in [0.3, 0.4) is 0 Å². The third kappa shape index (κ3) is 4.79. The zero-order valence-corrected chi connectivity index (χ0v) is 9.56. The van der Waals surface area contributed by atoms with Gasteiger partial charge < -0.3 is 16.2 Å². The largest absolute Gasteiger partial charge is 0.393 e. The van der Waals surface area contributed by atoms with Gasteiger partial charge in [0.1, 0.15) is 0 Å². The van der Waals surface area contributed by atoms with E-state index in [-0.39, 0.29) is 6.10 Å². The van der Waals surface area contributed by atoms with E-state index in [1.807, 2.05) is 37.3 Å². The number of benzene rings is 1. The molecule has 0 saturated heterocycles. The van der Waals surface area contributed by atoms with Crippen LogP contribution in [0.1, 0.15) is 19.8 Å². The van der Waals surface area contributed by atoms with Crippen molar-refractivity contribution in [3.8, 4) is 0 Å². The highest BCUT2D eigenvalue weighted by molar-refractivity contribution is 5.92. The molecule has 1 aromatic carbocycles. The highest BCUT2D eigenvalue weighted by Gasteiger charge is 1.99. The number of hydrogen-bond donors (Lipinski definition) is 3. The Kier molecular flexibility index (Phi) is 5.36. The lowest BCUT2D eigenvalue weighted by Crippen LogP contribution is -2.23. The minimum atomic E-state index is -0.284. The number of aliphatic hydroxyl groups excluding tert-OH is 1. The number of nitrogens with two attached hydrogens (primary N) is 1. The van der Waals surface area contributed by atoms with E-state index in [0.29, 0.717) is 18.9 Å². The number of para-hydroxylation sites is 1. The van der Waals surface area contributed by atoms with Gasteiger partial charge in [0.2, 0.25) is 0 Å². The minimum absolute atomic E-state index is 0.284. The zero-order chi connectivity index (χ0) is 11.8. The van der Waals surface area contributed by atoms with Crippen LogP contribution in [-0.4, -0.2) is 23.7 Å². The molecule has 4 heteroatoms. The Morgan fingerprint density at radius 2 is 2.12 bits per heavy atom. The van der Waals surface area contributed by atoms with Gasteiger partial charge in [0.15, 0.2) is 5.96 Å². The average Bonchev–Trinajstić information content (AvgIpc) is 2.30. The van der Waals surface area contributed by atoms with Gasteiger partial charge in [-0.1, -0.05) is 25.1 Å². The summed E-state index contributed by atoms with van der Waals surface area (Å²) in [6.45, 7) is 2.49. The third-order valence-electron chi connectivity index (χ3n) is 2.26. The molecule has 0 saturated carbocycles. The summed E-state index contributed by atoms with van der Waals surface area (Å²) in [5.74, 6) is 0.384. The number of aliphatic imine (C=N–C) groups is 1. The van der Waals surface area contributed by atoms with Crippen molar-refractivity contribution in [2.75, 3.05) is 11.9 Å². The number of rotatable bonds is 5. The van der Waals surface area contributed by atoms with E-state index in [4.69, 9.17) is 5.73 Å². The highest BCUT2D eigenvalue weighted by Crippen LogP contribution is 2.04. The number of aliphatic hydroxyl groups is 1. The fraction of sp³-hybridized carbons (Fsp3) is 0.417. The lowest BCUT2D eigenvalue weighted by Gasteiger charge is -2.07. The molecule has 0 spiro atoms. The van der Waals surface area contributed by atoms with E-state index < -0.39 is 0 Å². The first-order chi connectivity index (χ1) is 7.72. The second-order valence-corrected chi connectivity index (χ2v) is 3.61. The van der Waals surface area contributed by atoms with Gasteiger partial charge in [-0.05, 0) is 25.0 Å². The van der Waals surface area contributed by atoms with Crippen LogP contribution in [0.25, 0.3) is 0 Å². The molecule has 0 aromatic heterocycles. The molecule has 0 aliphatic carbocycles. The molecule has 4 nitrogen and oxygen atoms in total. The monoisotopic (exact) mass is 221 g/mol. The first kappa shape index (κ1) is 12.5. The topological polar surface area (TPSA) is 70.6 Å². The van der Waals surface area contributed by atoms with Crippen molar-refractivity contribution < 1.29 is 5.11 Å². The summed E-state index contributed by atoms with van der Waals surface area (Å²) >= 11 is 0. The number of guanidine groups is 1. The molecule has 0 heterocycles. The van der Waals surface area contributed by atoms with Gasteiger partial charge in [-0.2, -0.15) is 0 Å². The maximum atomic E-state index is 9.33. The lowest BCUT2D eigenvalue weighted by atomic mass is 10.2. The predicted octanol–water partition coefficient (Wildman–Crippen LogP) is 1.57. The summed E-state index contributed by atoms with van der Waals surface area (Å²) in [5, 5.41) is 12.3. The van der Waals surface area contributed by atoms with Gasteiger partial charge in [-0.15, -0.1) is 0 Å². The Hall–Kier alpha value is -1.55. The number of hydrogen-bond acceptors (Lipinski definition) is 2. The second kappa shape index (κ2) is 6.85. The zero-order valence-electron chi connectivity index (χ0n) is 9.56. The summed E-state index contributed by atoms with van der Waals surface area (Å²) in [7, 11) is 0. The number of nitrogens with zero attached hydrogens (tertiary/aromatic N) is 1. The van der Waals surface area contributed by atoms with Crippen LogP contribution in [0, 0.1) is 0 Å². The van der Waals surface area contributed by atoms with Gasteiger partial charge in [0, 0.05) is 12.2 Å². The normalized spacial score (nSPS) is 13.5. The van der Waals surface area contributed by atoms with E-state index in [9.17, 15) is 5.11 Å². The van der Waals surface area contributed by atoms with Crippen LogP contribution >= 0.6 is 0 Å². The third-order valence-corrected chi connectivity index (χ3v) is 2.26. The van der Waals surface area contributed by atoms with E-state index in [2.05, 4.69) is 10.3 Å². The Balaban J connectivity index is 2.34. The Morgan fingerprint density at radius 3 is 2.75 bits per heavy atom. The standard InChI is InChI=1S/C12H19N3O/c1-2-11(16)8-9-14-12(13)15-10-6-4-3-5-7-10/h3-7,11,16H,2,8-9H2,1H3,(H3,13,14,15). The SMILES string of the molecule is CCC(O)CCN=C(N)Nc1ccccc1. The van der Waals surface area contributed by atoms with Gasteiger partial charge in [-0.25, -0.2) is 0 Å². The first-order valence-electron chi connectivity index (χ1n) is 5.52. The van der Waals surface area contributed by atoms with Crippen LogP contribution in [0.2, 0.25) is 0 Å². The lowest BCUT2D eigenvalue weighted by molar-refractivity contribution is 0.163. The molecular weight excluding hydrogens is 202 g/mol. The summed E-state index contributed by atoms with van der Waals surface area (Å²) < 4.78 is 0. The molecule has 16 heavy (non-hydrogen) atoms. The smallest absolute Gasteiger partial charge is 0.193 e. The summed E-state index contributed by atoms with van der Waals surface area (Å²) in [6.07, 6.45) is 1.11. The van der Waals surface area contributed by atoms with Crippen molar-refractivity contribution >= 4 is 11.6 Å². The van der Waals surface area contributed by atoms with Crippen LogP contribution < -0.4 is 11.1 Å². The first-order valence-corrected chi connectivity index (χ1v) is 5.52. The molecule has 4 N–H and O–H groups in total. The van der Waals surface area contributed by atoms with Crippen molar-refractivity contribution in [3.63, 3.8) is 0 Å². The van der Waals surface area contributed by atoms with E-state index in [1.165, 1.54) is 0 Å². The number of nitrogens with one attached hydrogen (secondary N) is 1. The molecule has 1 aromatic rings. The van der Waals surface area contributed by atoms with Crippen LogP contribution in [0.4, 0.5) is 5.69 Å². The fourth-order valence-corrected chi connectivity index (χ4v) is 1.25. The average molecular weight is 221 g/mol. The van der Waals surface area contributed by atoms with E-state index in [1.54, 1.807) is 0 Å².